The lowest BCUT2D eigenvalue weighted by Crippen LogP contribution is -2.14. The molecule has 0 fully saturated rings. The molecule has 18 heavy (non-hydrogen) atoms. The third-order valence-corrected chi connectivity index (χ3v) is 2.81. The zero-order valence-corrected chi connectivity index (χ0v) is 10.9. The lowest BCUT2D eigenvalue weighted by Gasteiger charge is -2.10. The van der Waals surface area contributed by atoms with Crippen LogP contribution in [0, 0.1) is 11.2 Å². The summed E-state index contributed by atoms with van der Waals surface area (Å²) in [7, 11) is 0. The predicted octanol–water partition coefficient (Wildman–Crippen LogP) is 3.66. The van der Waals surface area contributed by atoms with Gasteiger partial charge in [-0.25, -0.2) is 4.39 Å². The standard InChI is InChI=1S/C13H10BrFN2O/c14-8-4-6-9(7-5-8)18-11-3-1-2-10(15)12(11)13(16)17/h1-7H,(H3,16,17). The summed E-state index contributed by atoms with van der Waals surface area (Å²) in [5, 5.41) is 7.37. The van der Waals surface area contributed by atoms with Gasteiger partial charge in [-0.15, -0.1) is 0 Å². The number of halogens is 2. The van der Waals surface area contributed by atoms with Crippen molar-refractivity contribution in [1.82, 2.24) is 0 Å². The van der Waals surface area contributed by atoms with Crippen molar-refractivity contribution in [3.63, 3.8) is 0 Å². The minimum atomic E-state index is -0.572. The monoisotopic (exact) mass is 308 g/mol. The highest BCUT2D eigenvalue weighted by atomic mass is 79.9. The van der Waals surface area contributed by atoms with E-state index in [0.717, 1.165) is 4.47 Å². The molecule has 92 valence electrons. The zero-order valence-electron chi connectivity index (χ0n) is 9.28. The number of nitrogens with one attached hydrogen (secondary N) is 1. The van der Waals surface area contributed by atoms with Crippen molar-refractivity contribution in [2.24, 2.45) is 5.73 Å². The topological polar surface area (TPSA) is 59.1 Å². The Morgan fingerprint density at radius 2 is 1.83 bits per heavy atom. The van der Waals surface area contributed by atoms with Crippen LogP contribution >= 0.6 is 15.9 Å². The maximum Gasteiger partial charge on any atom is 0.141 e. The molecule has 3 N–H and O–H groups in total. The normalized spacial score (nSPS) is 10.1. The van der Waals surface area contributed by atoms with Crippen molar-refractivity contribution in [3.8, 4) is 11.5 Å². The molecule has 2 aromatic rings. The van der Waals surface area contributed by atoms with Crippen LogP contribution in [0.4, 0.5) is 4.39 Å². The van der Waals surface area contributed by atoms with E-state index < -0.39 is 5.82 Å². The summed E-state index contributed by atoms with van der Waals surface area (Å²) in [5.41, 5.74) is 5.32. The SMILES string of the molecule is N=C(N)c1c(F)cccc1Oc1ccc(Br)cc1. The van der Waals surface area contributed by atoms with E-state index in [4.69, 9.17) is 15.9 Å². The largest absolute Gasteiger partial charge is 0.456 e. The second kappa shape index (κ2) is 5.18. The molecule has 3 nitrogen and oxygen atoms in total. The minimum absolute atomic E-state index is 0.0274. The van der Waals surface area contributed by atoms with Crippen LogP contribution in [0.2, 0.25) is 0 Å². The first-order valence-corrected chi connectivity index (χ1v) is 5.93. The van der Waals surface area contributed by atoms with Crippen molar-refractivity contribution < 1.29 is 9.13 Å². The van der Waals surface area contributed by atoms with Gasteiger partial charge in [0, 0.05) is 4.47 Å². The van der Waals surface area contributed by atoms with Gasteiger partial charge in [0.05, 0.1) is 5.56 Å². The molecule has 0 saturated heterocycles. The lowest BCUT2D eigenvalue weighted by atomic mass is 10.1. The Hall–Kier alpha value is -1.88. The molecule has 0 spiro atoms. The van der Waals surface area contributed by atoms with Crippen LogP contribution in [0.15, 0.2) is 46.9 Å². The molecule has 0 aliphatic heterocycles. The average Bonchev–Trinajstić information content (AvgIpc) is 2.32. The first-order chi connectivity index (χ1) is 8.58. The smallest absolute Gasteiger partial charge is 0.141 e. The first kappa shape index (κ1) is 12.6. The highest BCUT2D eigenvalue weighted by molar-refractivity contribution is 9.10. The lowest BCUT2D eigenvalue weighted by molar-refractivity contribution is 0.475. The Bertz CT molecular complexity index is 584. The van der Waals surface area contributed by atoms with Gasteiger partial charge in [-0.1, -0.05) is 22.0 Å². The van der Waals surface area contributed by atoms with Crippen LogP contribution in [0.25, 0.3) is 0 Å². The third kappa shape index (κ3) is 2.68. The fourth-order valence-corrected chi connectivity index (χ4v) is 1.74. The van der Waals surface area contributed by atoms with Crippen LogP contribution in [-0.2, 0) is 0 Å². The Kier molecular flexibility index (Phi) is 3.62. The molecule has 0 heterocycles. The first-order valence-electron chi connectivity index (χ1n) is 5.14. The number of rotatable bonds is 3. The van der Waals surface area contributed by atoms with E-state index in [2.05, 4.69) is 15.9 Å². The Labute approximate surface area is 112 Å². The van der Waals surface area contributed by atoms with Crippen LogP contribution in [0.5, 0.6) is 11.5 Å². The van der Waals surface area contributed by atoms with Gasteiger partial charge in [0.15, 0.2) is 0 Å². The molecule has 0 aliphatic carbocycles. The summed E-state index contributed by atoms with van der Waals surface area (Å²) in [4.78, 5) is 0. The number of hydrogen-bond acceptors (Lipinski definition) is 2. The fraction of sp³-hybridized carbons (Fsp3) is 0. The Balaban J connectivity index is 2.37. The molecule has 0 atom stereocenters. The molecule has 0 amide bonds. The molecule has 2 rings (SSSR count). The van der Waals surface area contributed by atoms with Crippen molar-refractivity contribution >= 4 is 21.8 Å². The second-order valence-electron chi connectivity index (χ2n) is 3.58. The van der Waals surface area contributed by atoms with Gasteiger partial charge >= 0.3 is 0 Å². The van der Waals surface area contributed by atoms with Gasteiger partial charge in [-0.3, -0.25) is 5.41 Å². The molecule has 0 aromatic heterocycles. The summed E-state index contributed by atoms with van der Waals surface area (Å²) < 4.78 is 20.0. The molecule has 0 bridgehead atoms. The maximum absolute atomic E-state index is 13.6. The van der Waals surface area contributed by atoms with Gasteiger partial charge in [0.1, 0.15) is 23.2 Å². The van der Waals surface area contributed by atoms with E-state index in [1.165, 1.54) is 12.1 Å². The molecule has 2 aromatic carbocycles. The van der Waals surface area contributed by atoms with Gasteiger partial charge in [-0.05, 0) is 36.4 Å². The Morgan fingerprint density at radius 3 is 2.44 bits per heavy atom. The van der Waals surface area contributed by atoms with E-state index in [-0.39, 0.29) is 17.1 Å². The number of hydrogen-bond donors (Lipinski definition) is 2. The minimum Gasteiger partial charge on any atom is -0.456 e. The summed E-state index contributed by atoms with van der Waals surface area (Å²) in [6, 6.07) is 11.4. The number of nitrogen functional groups attached to an aromatic ring is 1. The van der Waals surface area contributed by atoms with Crippen LogP contribution in [0.3, 0.4) is 0 Å². The van der Waals surface area contributed by atoms with Crippen LogP contribution < -0.4 is 10.5 Å². The summed E-state index contributed by atoms with van der Waals surface area (Å²) in [5.74, 6) is -0.159. The number of amidine groups is 1. The molecule has 0 saturated carbocycles. The van der Waals surface area contributed by atoms with Crippen LogP contribution in [0.1, 0.15) is 5.56 Å². The number of benzene rings is 2. The summed E-state index contributed by atoms with van der Waals surface area (Å²) in [6.45, 7) is 0. The summed E-state index contributed by atoms with van der Waals surface area (Å²) in [6.07, 6.45) is 0. The Morgan fingerprint density at radius 1 is 1.17 bits per heavy atom. The van der Waals surface area contributed by atoms with E-state index in [1.807, 2.05) is 12.1 Å². The fourth-order valence-electron chi connectivity index (χ4n) is 1.48. The molecule has 0 unspecified atom stereocenters. The van der Waals surface area contributed by atoms with Gasteiger partial charge in [0.2, 0.25) is 0 Å². The zero-order chi connectivity index (χ0) is 13.1. The van der Waals surface area contributed by atoms with Crippen molar-refractivity contribution in [2.75, 3.05) is 0 Å². The second-order valence-corrected chi connectivity index (χ2v) is 4.50. The number of nitrogens with two attached hydrogens (primary N) is 1. The quantitative estimate of drug-likeness (QED) is 0.671. The van der Waals surface area contributed by atoms with Crippen molar-refractivity contribution in [3.05, 3.63) is 58.3 Å². The van der Waals surface area contributed by atoms with E-state index in [0.29, 0.717) is 5.75 Å². The third-order valence-electron chi connectivity index (χ3n) is 2.29. The van der Waals surface area contributed by atoms with Gasteiger partial charge in [-0.2, -0.15) is 0 Å². The molecule has 0 aliphatic rings. The van der Waals surface area contributed by atoms with E-state index in [9.17, 15) is 4.39 Å². The highest BCUT2D eigenvalue weighted by Crippen LogP contribution is 2.27. The number of ether oxygens (including phenoxy) is 1. The maximum atomic E-state index is 13.6. The predicted molar refractivity (Wildman–Crippen MR) is 71.6 cm³/mol. The van der Waals surface area contributed by atoms with E-state index >= 15 is 0 Å². The molecule has 0 radical (unpaired) electrons. The van der Waals surface area contributed by atoms with Gasteiger partial charge in [0.25, 0.3) is 0 Å². The van der Waals surface area contributed by atoms with E-state index in [1.54, 1.807) is 18.2 Å². The molecule has 5 heteroatoms. The highest BCUT2D eigenvalue weighted by Gasteiger charge is 2.13. The van der Waals surface area contributed by atoms with Gasteiger partial charge < -0.3 is 10.5 Å². The molecular formula is C13H10BrFN2O. The van der Waals surface area contributed by atoms with Crippen molar-refractivity contribution in [1.29, 1.82) is 5.41 Å². The average molecular weight is 309 g/mol. The van der Waals surface area contributed by atoms with Crippen LogP contribution in [-0.4, -0.2) is 5.84 Å². The summed E-state index contributed by atoms with van der Waals surface area (Å²) >= 11 is 3.31. The van der Waals surface area contributed by atoms with Crippen molar-refractivity contribution in [2.45, 2.75) is 0 Å². The molecular weight excluding hydrogens is 299 g/mol.